The molecule has 0 atom stereocenters. The zero-order valence-electron chi connectivity index (χ0n) is 12.9. The van der Waals surface area contributed by atoms with Crippen LogP contribution < -0.4 is 5.32 Å². The predicted molar refractivity (Wildman–Crippen MR) is 85.4 cm³/mol. The summed E-state index contributed by atoms with van der Waals surface area (Å²) in [5.74, 6) is 0. The van der Waals surface area contributed by atoms with Crippen LogP contribution in [0.4, 0.5) is 4.79 Å². The summed E-state index contributed by atoms with van der Waals surface area (Å²) in [5.41, 5.74) is 2.42. The van der Waals surface area contributed by atoms with Crippen LogP contribution in [0.5, 0.6) is 0 Å². The lowest BCUT2D eigenvalue weighted by molar-refractivity contribution is 0.191. The van der Waals surface area contributed by atoms with E-state index >= 15 is 0 Å². The molecule has 5 heteroatoms. The van der Waals surface area contributed by atoms with Gasteiger partial charge in [0.05, 0.1) is 6.33 Å². The van der Waals surface area contributed by atoms with Crippen LogP contribution in [0.1, 0.15) is 24.0 Å². The molecule has 1 fully saturated rings. The van der Waals surface area contributed by atoms with E-state index in [4.69, 9.17) is 0 Å². The number of hydrogen-bond donors (Lipinski definition) is 1. The monoisotopic (exact) mass is 298 g/mol. The first kappa shape index (κ1) is 14.6. The number of urea groups is 1. The normalized spacial score (nSPS) is 13.9. The summed E-state index contributed by atoms with van der Waals surface area (Å²) in [6, 6.07) is 8.79. The van der Waals surface area contributed by atoms with Crippen molar-refractivity contribution in [2.75, 3.05) is 6.54 Å². The molecule has 1 N–H and O–H groups in total. The number of nitrogens with one attached hydrogen (secondary N) is 1. The van der Waals surface area contributed by atoms with Gasteiger partial charge in [0.2, 0.25) is 0 Å². The molecule has 2 aromatic rings. The number of nitrogens with zero attached hydrogens (tertiary/aromatic N) is 3. The predicted octanol–water partition coefficient (Wildman–Crippen LogP) is 2.57. The molecular formula is C17H22N4O. The Morgan fingerprint density at radius 1 is 1.45 bits per heavy atom. The Hall–Kier alpha value is -2.30. The number of imidazole rings is 1. The van der Waals surface area contributed by atoms with Gasteiger partial charge in [0.15, 0.2) is 0 Å². The average molecular weight is 298 g/mol. The van der Waals surface area contributed by atoms with Gasteiger partial charge >= 0.3 is 6.03 Å². The highest BCUT2D eigenvalue weighted by molar-refractivity contribution is 5.74. The van der Waals surface area contributed by atoms with Gasteiger partial charge in [-0.15, -0.1) is 0 Å². The van der Waals surface area contributed by atoms with E-state index in [-0.39, 0.29) is 6.03 Å². The minimum absolute atomic E-state index is 0.0316. The van der Waals surface area contributed by atoms with Crippen molar-refractivity contribution in [1.82, 2.24) is 19.8 Å². The largest absolute Gasteiger partial charge is 0.336 e. The van der Waals surface area contributed by atoms with E-state index in [0.717, 1.165) is 19.4 Å². The van der Waals surface area contributed by atoms with Crippen molar-refractivity contribution in [2.45, 2.75) is 38.9 Å². The topological polar surface area (TPSA) is 50.2 Å². The van der Waals surface area contributed by atoms with Crippen LogP contribution in [0.3, 0.4) is 0 Å². The van der Waals surface area contributed by atoms with Crippen LogP contribution in [-0.2, 0) is 13.1 Å². The summed E-state index contributed by atoms with van der Waals surface area (Å²) in [4.78, 5) is 18.4. The Morgan fingerprint density at radius 2 is 2.32 bits per heavy atom. The molecule has 5 nitrogen and oxygen atoms in total. The number of hydrogen-bond acceptors (Lipinski definition) is 2. The zero-order valence-corrected chi connectivity index (χ0v) is 12.9. The molecule has 0 unspecified atom stereocenters. The molecule has 1 aromatic carbocycles. The van der Waals surface area contributed by atoms with Crippen LogP contribution in [-0.4, -0.2) is 33.1 Å². The quantitative estimate of drug-likeness (QED) is 0.891. The van der Waals surface area contributed by atoms with E-state index in [9.17, 15) is 4.79 Å². The highest BCUT2D eigenvalue weighted by atomic mass is 16.2. The van der Waals surface area contributed by atoms with Gasteiger partial charge in [0, 0.05) is 38.1 Å². The highest BCUT2D eigenvalue weighted by Gasteiger charge is 2.32. The van der Waals surface area contributed by atoms with Gasteiger partial charge in [-0.2, -0.15) is 0 Å². The molecule has 3 rings (SSSR count). The van der Waals surface area contributed by atoms with Crippen molar-refractivity contribution in [1.29, 1.82) is 0 Å². The first-order chi connectivity index (χ1) is 10.7. The van der Waals surface area contributed by atoms with Crippen LogP contribution >= 0.6 is 0 Å². The number of rotatable bonds is 6. The number of carbonyl (C=O) groups excluding carboxylic acids is 1. The molecule has 0 bridgehead atoms. The van der Waals surface area contributed by atoms with Gasteiger partial charge in [0.1, 0.15) is 0 Å². The minimum Gasteiger partial charge on any atom is -0.336 e. The van der Waals surface area contributed by atoms with Gasteiger partial charge < -0.3 is 14.8 Å². The summed E-state index contributed by atoms with van der Waals surface area (Å²) in [6.45, 7) is 4.13. The maximum absolute atomic E-state index is 12.4. The summed E-state index contributed by atoms with van der Waals surface area (Å²) >= 11 is 0. The smallest absolute Gasteiger partial charge is 0.318 e. The second-order valence-corrected chi connectivity index (χ2v) is 5.88. The third kappa shape index (κ3) is 3.87. The molecule has 0 aliphatic heterocycles. The molecular weight excluding hydrogens is 276 g/mol. The van der Waals surface area contributed by atoms with Crippen molar-refractivity contribution >= 4 is 6.03 Å². The fourth-order valence-corrected chi connectivity index (χ4v) is 2.57. The van der Waals surface area contributed by atoms with E-state index in [1.165, 1.54) is 11.1 Å². The van der Waals surface area contributed by atoms with Gasteiger partial charge in [-0.3, -0.25) is 0 Å². The molecule has 22 heavy (non-hydrogen) atoms. The SMILES string of the molecule is Cc1cccc(CN(C(=O)NCCn2ccnc2)C2CC2)c1. The highest BCUT2D eigenvalue weighted by Crippen LogP contribution is 2.28. The maximum Gasteiger partial charge on any atom is 0.318 e. The molecule has 0 saturated heterocycles. The first-order valence-electron chi connectivity index (χ1n) is 7.78. The first-order valence-corrected chi connectivity index (χ1v) is 7.78. The van der Waals surface area contributed by atoms with Crippen molar-refractivity contribution in [3.05, 3.63) is 54.1 Å². The zero-order chi connectivity index (χ0) is 15.4. The van der Waals surface area contributed by atoms with E-state index < -0.39 is 0 Å². The molecule has 116 valence electrons. The molecule has 2 amide bonds. The molecule has 1 aliphatic rings. The fraction of sp³-hybridized carbons (Fsp3) is 0.412. The Kier molecular flexibility index (Phi) is 4.42. The Labute approximate surface area is 131 Å². The molecule has 1 aliphatic carbocycles. The average Bonchev–Trinajstić information content (AvgIpc) is 3.21. The Bertz CT molecular complexity index is 619. The van der Waals surface area contributed by atoms with E-state index in [1.54, 1.807) is 12.5 Å². The second kappa shape index (κ2) is 6.64. The number of benzene rings is 1. The van der Waals surface area contributed by atoms with Gasteiger partial charge in [0.25, 0.3) is 0 Å². The third-order valence-electron chi connectivity index (χ3n) is 3.89. The second-order valence-electron chi connectivity index (χ2n) is 5.88. The standard InChI is InChI=1S/C17H22N4O/c1-14-3-2-4-15(11-14)12-21(16-5-6-16)17(22)19-8-10-20-9-7-18-13-20/h2-4,7,9,11,13,16H,5-6,8,10,12H2,1H3,(H,19,22). The van der Waals surface area contributed by atoms with Gasteiger partial charge in [-0.05, 0) is 25.3 Å². The summed E-state index contributed by atoms with van der Waals surface area (Å²) in [7, 11) is 0. The van der Waals surface area contributed by atoms with Crippen molar-refractivity contribution in [3.63, 3.8) is 0 Å². The number of amides is 2. The van der Waals surface area contributed by atoms with Crippen molar-refractivity contribution in [3.8, 4) is 0 Å². The van der Waals surface area contributed by atoms with Gasteiger partial charge in [-0.1, -0.05) is 29.8 Å². The Balaban J connectivity index is 1.55. The Morgan fingerprint density at radius 3 is 3.00 bits per heavy atom. The molecule has 0 radical (unpaired) electrons. The lowest BCUT2D eigenvalue weighted by atomic mass is 10.1. The maximum atomic E-state index is 12.4. The number of aryl methyl sites for hydroxylation is 1. The van der Waals surface area contributed by atoms with E-state index in [2.05, 4.69) is 35.4 Å². The van der Waals surface area contributed by atoms with Gasteiger partial charge in [-0.25, -0.2) is 9.78 Å². The van der Waals surface area contributed by atoms with Crippen LogP contribution in [0.25, 0.3) is 0 Å². The van der Waals surface area contributed by atoms with E-state index in [1.807, 2.05) is 21.7 Å². The minimum atomic E-state index is 0.0316. The fourth-order valence-electron chi connectivity index (χ4n) is 2.57. The summed E-state index contributed by atoms with van der Waals surface area (Å²) < 4.78 is 1.96. The van der Waals surface area contributed by atoms with Crippen LogP contribution in [0.2, 0.25) is 0 Å². The summed E-state index contributed by atoms with van der Waals surface area (Å²) in [5, 5.41) is 3.02. The van der Waals surface area contributed by atoms with Crippen LogP contribution in [0.15, 0.2) is 43.0 Å². The number of carbonyl (C=O) groups is 1. The molecule has 1 saturated carbocycles. The third-order valence-corrected chi connectivity index (χ3v) is 3.89. The lowest BCUT2D eigenvalue weighted by Gasteiger charge is -2.23. The van der Waals surface area contributed by atoms with Crippen LogP contribution in [0, 0.1) is 6.92 Å². The molecule has 1 heterocycles. The van der Waals surface area contributed by atoms with E-state index in [0.29, 0.717) is 19.1 Å². The summed E-state index contributed by atoms with van der Waals surface area (Å²) in [6.07, 6.45) is 7.63. The lowest BCUT2D eigenvalue weighted by Crippen LogP contribution is -2.42. The molecule has 0 spiro atoms. The van der Waals surface area contributed by atoms with Crippen molar-refractivity contribution in [2.24, 2.45) is 0 Å². The molecule has 1 aromatic heterocycles. The van der Waals surface area contributed by atoms with Crippen molar-refractivity contribution < 1.29 is 4.79 Å². The number of aromatic nitrogens is 2.